The molecule has 2 heteroatoms. The average Bonchev–Trinajstić information content (AvgIpc) is 2.28. The van der Waals surface area contributed by atoms with Gasteiger partial charge in [-0.05, 0) is 49.5 Å². The van der Waals surface area contributed by atoms with Crippen LogP contribution < -0.4 is 5.32 Å². The highest BCUT2D eigenvalue weighted by Gasteiger charge is 2.18. The number of hydrogen-bond acceptors (Lipinski definition) is 2. The van der Waals surface area contributed by atoms with Gasteiger partial charge in [-0.2, -0.15) is 0 Å². The monoisotopic (exact) mass is 246 g/mol. The lowest BCUT2D eigenvalue weighted by Crippen LogP contribution is -2.39. The molecule has 18 heavy (non-hydrogen) atoms. The molecule has 1 atom stereocenters. The minimum atomic E-state index is 0.223. The third-order valence-corrected chi connectivity index (χ3v) is 3.72. The lowest BCUT2D eigenvalue weighted by Gasteiger charge is -2.31. The Morgan fingerprint density at radius 2 is 2.06 bits per heavy atom. The topological polar surface area (TPSA) is 15.3 Å². The van der Waals surface area contributed by atoms with Crippen molar-refractivity contribution in [2.45, 2.75) is 45.1 Å². The van der Waals surface area contributed by atoms with Gasteiger partial charge in [0.1, 0.15) is 0 Å². The molecule has 0 radical (unpaired) electrons. The molecule has 0 saturated carbocycles. The van der Waals surface area contributed by atoms with Crippen molar-refractivity contribution in [3.8, 4) is 0 Å². The van der Waals surface area contributed by atoms with Crippen molar-refractivity contribution in [3.63, 3.8) is 0 Å². The molecule has 1 fully saturated rings. The fraction of sp³-hybridized carbons (Fsp3) is 0.625. The number of nitrogens with one attached hydrogen (secondary N) is 1. The third kappa shape index (κ3) is 3.49. The van der Waals surface area contributed by atoms with Crippen LogP contribution in [-0.2, 0) is 5.41 Å². The van der Waals surface area contributed by atoms with Gasteiger partial charge in [0, 0.05) is 18.3 Å². The summed E-state index contributed by atoms with van der Waals surface area (Å²) in [5.41, 5.74) is 2.89. The molecule has 1 heterocycles. The van der Waals surface area contributed by atoms with E-state index in [-0.39, 0.29) is 5.41 Å². The summed E-state index contributed by atoms with van der Waals surface area (Å²) in [6, 6.07) is 9.46. The van der Waals surface area contributed by atoms with Gasteiger partial charge < -0.3 is 10.2 Å². The Bertz CT molecular complexity index is 392. The van der Waals surface area contributed by atoms with Gasteiger partial charge >= 0.3 is 0 Å². The number of rotatable bonds is 2. The molecule has 1 N–H and O–H groups in total. The standard InChI is InChI=1S/C16H26N2/c1-16(2,3)13-7-5-8-14(11-13)17-15-9-6-10-18(4)12-15/h5,7-8,11,15,17H,6,9-10,12H2,1-4H3. The molecule has 1 aromatic rings. The molecule has 0 bridgehead atoms. The maximum atomic E-state index is 3.68. The average molecular weight is 246 g/mol. The minimum Gasteiger partial charge on any atom is -0.381 e. The summed E-state index contributed by atoms with van der Waals surface area (Å²) in [5.74, 6) is 0. The third-order valence-electron chi connectivity index (χ3n) is 3.72. The lowest BCUT2D eigenvalue weighted by molar-refractivity contribution is 0.261. The van der Waals surface area contributed by atoms with E-state index in [1.165, 1.54) is 30.6 Å². The van der Waals surface area contributed by atoms with E-state index in [0.29, 0.717) is 6.04 Å². The van der Waals surface area contributed by atoms with Gasteiger partial charge in [0.2, 0.25) is 0 Å². The zero-order valence-corrected chi connectivity index (χ0v) is 12.2. The molecule has 100 valence electrons. The highest BCUT2D eigenvalue weighted by molar-refractivity contribution is 5.48. The van der Waals surface area contributed by atoms with E-state index in [4.69, 9.17) is 0 Å². The van der Waals surface area contributed by atoms with E-state index in [2.05, 4.69) is 62.3 Å². The largest absolute Gasteiger partial charge is 0.381 e. The molecule has 2 rings (SSSR count). The molecule has 0 aromatic heterocycles. The van der Waals surface area contributed by atoms with Crippen molar-refractivity contribution >= 4 is 5.69 Å². The highest BCUT2D eigenvalue weighted by Crippen LogP contribution is 2.25. The van der Waals surface area contributed by atoms with Gasteiger partial charge in [0.25, 0.3) is 0 Å². The van der Waals surface area contributed by atoms with Gasteiger partial charge in [-0.1, -0.05) is 32.9 Å². The van der Waals surface area contributed by atoms with Crippen LogP contribution in [0.15, 0.2) is 24.3 Å². The van der Waals surface area contributed by atoms with Crippen molar-refractivity contribution in [3.05, 3.63) is 29.8 Å². The van der Waals surface area contributed by atoms with Crippen molar-refractivity contribution < 1.29 is 0 Å². The molecule has 2 nitrogen and oxygen atoms in total. The number of nitrogens with zero attached hydrogens (tertiary/aromatic N) is 1. The smallest absolute Gasteiger partial charge is 0.0388 e. The van der Waals surface area contributed by atoms with E-state index in [1.807, 2.05) is 0 Å². The Balaban J connectivity index is 2.05. The zero-order chi connectivity index (χ0) is 13.2. The second-order valence-corrected chi connectivity index (χ2v) is 6.58. The van der Waals surface area contributed by atoms with E-state index >= 15 is 0 Å². The van der Waals surface area contributed by atoms with Crippen molar-refractivity contribution in [2.24, 2.45) is 0 Å². The van der Waals surface area contributed by atoms with Crippen LogP contribution in [0.5, 0.6) is 0 Å². The number of piperidine rings is 1. The molecule has 1 unspecified atom stereocenters. The quantitative estimate of drug-likeness (QED) is 0.859. The van der Waals surface area contributed by atoms with Gasteiger partial charge in [0.05, 0.1) is 0 Å². The van der Waals surface area contributed by atoms with Gasteiger partial charge in [-0.25, -0.2) is 0 Å². The van der Waals surface area contributed by atoms with Crippen LogP contribution in [0, 0.1) is 0 Å². The number of hydrogen-bond donors (Lipinski definition) is 1. The fourth-order valence-corrected chi connectivity index (χ4v) is 2.60. The van der Waals surface area contributed by atoms with E-state index in [0.717, 1.165) is 6.54 Å². The van der Waals surface area contributed by atoms with Crippen LogP contribution in [0.2, 0.25) is 0 Å². The fourth-order valence-electron chi connectivity index (χ4n) is 2.60. The van der Waals surface area contributed by atoms with Gasteiger partial charge in [-0.15, -0.1) is 0 Å². The minimum absolute atomic E-state index is 0.223. The molecule has 1 saturated heterocycles. The first-order chi connectivity index (χ1) is 8.45. The van der Waals surface area contributed by atoms with E-state index in [9.17, 15) is 0 Å². The zero-order valence-electron chi connectivity index (χ0n) is 12.2. The van der Waals surface area contributed by atoms with Crippen molar-refractivity contribution in [1.29, 1.82) is 0 Å². The number of benzene rings is 1. The predicted molar refractivity (Wildman–Crippen MR) is 79.3 cm³/mol. The summed E-state index contributed by atoms with van der Waals surface area (Å²) in [6.45, 7) is 9.18. The Kier molecular flexibility index (Phi) is 3.96. The van der Waals surface area contributed by atoms with Crippen molar-refractivity contribution in [1.82, 2.24) is 4.90 Å². The van der Waals surface area contributed by atoms with Gasteiger partial charge in [-0.3, -0.25) is 0 Å². The van der Waals surface area contributed by atoms with Crippen LogP contribution in [-0.4, -0.2) is 31.1 Å². The lowest BCUT2D eigenvalue weighted by atomic mass is 9.87. The first-order valence-corrected chi connectivity index (χ1v) is 7.01. The second kappa shape index (κ2) is 5.31. The summed E-state index contributed by atoms with van der Waals surface area (Å²) in [6.07, 6.45) is 2.58. The SMILES string of the molecule is CN1CCCC(Nc2cccc(C(C)(C)C)c2)C1. The summed E-state index contributed by atoms with van der Waals surface area (Å²) in [7, 11) is 2.21. The summed E-state index contributed by atoms with van der Waals surface area (Å²) in [4.78, 5) is 2.41. The van der Waals surface area contributed by atoms with Crippen LogP contribution >= 0.6 is 0 Å². The molecular formula is C16H26N2. The normalized spacial score (nSPS) is 21.9. The Morgan fingerprint density at radius 3 is 2.72 bits per heavy atom. The Morgan fingerprint density at radius 1 is 1.28 bits per heavy atom. The van der Waals surface area contributed by atoms with E-state index < -0.39 is 0 Å². The second-order valence-electron chi connectivity index (χ2n) is 6.58. The number of anilines is 1. The molecule has 0 aliphatic carbocycles. The summed E-state index contributed by atoms with van der Waals surface area (Å²) in [5, 5.41) is 3.68. The number of likely N-dealkylation sites (tertiary alicyclic amines) is 1. The van der Waals surface area contributed by atoms with Crippen LogP contribution in [0.25, 0.3) is 0 Å². The van der Waals surface area contributed by atoms with E-state index in [1.54, 1.807) is 0 Å². The molecule has 0 spiro atoms. The van der Waals surface area contributed by atoms with Gasteiger partial charge in [0.15, 0.2) is 0 Å². The van der Waals surface area contributed by atoms with Crippen LogP contribution in [0.3, 0.4) is 0 Å². The maximum Gasteiger partial charge on any atom is 0.0388 e. The first kappa shape index (κ1) is 13.4. The predicted octanol–water partition coefficient (Wildman–Crippen LogP) is 3.49. The highest BCUT2D eigenvalue weighted by atomic mass is 15.1. The van der Waals surface area contributed by atoms with Crippen LogP contribution in [0.1, 0.15) is 39.2 Å². The van der Waals surface area contributed by atoms with Crippen LogP contribution in [0.4, 0.5) is 5.69 Å². The Hall–Kier alpha value is -1.02. The summed E-state index contributed by atoms with van der Waals surface area (Å²) < 4.78 is 0. The Labute approximate surface area is 111 Å². The molecular weight excluding hydrogens is 220 g/mol. The molecule has 1 aromatic carbocycles. The maximum absolute atomic E-state index is 3.68. The van der Waals surface area contributed by atoms with Crippen molar-refractivity contribution in [2.75, 3.05) is 25.5 Å². The first-order valence-electron chi connectivity index (χ1n) is 7.01. The molecule has 1 aliphatic rings. The summed E-state index contributed by atoms with van der Waals surface area (Å²) >= 11 is 0. The number of likely N-dealkylation sites (N-methyl/N-ethyl adjacent to an activating group) is 1. The molecule has 1 aliphatic heterocycles. The molecule has 0 amide bonds.